The summed E-state index contributed by atoms with van der Waals surface area (Å²) in [6, 6.07) is -0.939. The zero-order chi connectivity index (χ0) is 18.7. The van der Waals surface area contributed by atoms with E-state index in [1.165, 1.54) is 0 Å². The van der Waals surface area contributed by atoms with Gasteiger partial charge < -0.3 is 10.2 Å². The van der Waals surface area contributed by atoms with E-state index >= 15 is 0 Å². The van der Waals surface area contributed by atoms with Crippen LogP contribution in [0.15, 0.2) is 0 Å². The van der Waals surface area contributed by atoms with Gasteiger partial charge in [0.15, 0.2) is 0 Å². The fourth-order valence-corrected chi connectivity index (χ4v) is 4.80. The number of likely N-dealkylation sites (tertiary alicyclic amines) is 1. The number of carbonyl (C=O) groups is 2. The lowest BCUT2D eigenvalue weighted by molar-refractivity contribution is -0.184. The Hall–Kier alpha value is -1.27. The summed E-state index contributed by atoms with van der Waals surface area (Å²) in [4.78, 5) is 27.2. The molecule has 0 unspecified atom stereocenters. The van der Waals surface area contributed by atoms with Crippen molar-refractivity contribution in [2.75, 3.05) is 6.54 Å². The topological polar surface area (TPSA) is 49.4 Å². The second-order valence-electron chi connectivity index (χ2n) is 8.14. The number of nitrogens with one attached hydrogen (secondary N) is 1. The molecule has 0 spiro atoms. The summed E-state index contributed by atoms with van der Waals surface area (Å²) in [5, 5.41) is 2.82. The smallest absolute Gasteiger partial charge is 0.352 e. The lowest BCUT2D eigenvalue weighted by atomic mass is 9.85. The second-order valence-corrected chi connectivity index (χ2v) is 8.14. The first kappa shape index (κ1) is 19.5. The van der Waals surface area contributed by atoms with Crippen molar-refractivity contribution >= 4 is 11.8 Å². The normalized spacial score (nSPS) is 31.0. The predicted molar refractivity (Wildman–Crippen MR) is 91.3 cm³/mol. The third-order valence-corrected chi connectivity index (χ3v) is 6.28. The third-order valence-electron chi connectivity index (χ3n) is 6.28. The first-order valence-electron chi connectivity index (χ1n) is 10.0. The van der Waals surface area contributed by atoms with Gasteiger partial charge in [-0.3, -0.25) is 9.59 Å². The van der Waals surface area contributed by atoms with Crippen LogP contribution in [-0.4, -0.2) is 41.5 Å². The molecule has 0 aromatic heterocycles. The highest BCUT2D eigenvalue weighted by atomic mass is 19.4. The molecular formula is C19H29F3N2O2. The lowest BCUT2D eigenvalue weighted by Gasteiger charge is -2.34. The average Bonchev–Trinajstić information content (AvgIpc) is 3.11. The first-order chi connectivity index (χ1) is 12.4. The molecule has 3 fully saturated rings. The Morgan fingerprint density at radius 2 is 1.62 bits per heavy atom. The molecule has 26 heavy (non-hydrogen) atoms. The van der Waals surface area contributed by atoms with Crippen LogP contribution >= 0.6 is 0 Å². The summed E-state index contributed by atoms with van der Waals surface area (Å²) in [5.41, 5.74) is 0. The number of hydrogen-bond donors (Lipinski definition) is 1. The Bertz CT molecular complexity index is 517. The number of hydrogen-bond acceptors (Lipinski definition) is 2. The van der Waals surface area contributed by atoms with Crippen LogP contribution in [0.2, 0.25) is 0 Å². The van der Waals surface area contributed by atoms with Crippen molar-refractivity contribution in [1.82, 2.24) is 10.2 Å². The van der Waals surface area contributed by atoms with Crippen molar-refractivity contribution in [3.63, 3.8) is 0 Å². The van der Waals surface area contributed by atoms with E-state index in [2.05, 4.69) is 5.32 Å². The lowest BCUT2D eigenvalue weighted by Crippen LogP contribution is -2.51. The second kappa shape index (κ2) is 8.17. The number of nitrogens with zero attached hydrogens (tertiary/aromatic N) is 1. The van der Waals surface area contributed by atoms with Crippen LogP contribution in [0.25, 0.3) is 0 Å². The van der Waals surface area contributed by atoms with E-state index < -0.39 is 24.2 Å². The fraction of sp³-hybridized carbons (Fsp3) is 0.895. The molecule has 2 aliphatic carbocycles. The van der Waals surface area contributed by atoms with E-state index in [0.717, 1.165) is 38.5 Å². The third kappa shape index (κ3) is 4.52. The molecule has 0 radical (unpaired) electrons. The molecule has 148 valence electrons. The van der Waals surface area contributed by atoms with Crippen molar-refractivity contribution in [2.45, 2.75) is 88.9 Å². The minimum absolute atomic E-state index is 0.0152. The zero-order valence-corrected chi connectivity index (χ0v) is 15.2. The highest BCUT2D eigenvalue weighted by Crippen LogP contribution is 2.37. The Kier molecular flexibility index (Phi) is 6.13. The molecule has 1 heterocycles. The number of carbonyl (C=O) groups excluding carboxylic acids is 2. The van der Waals surface area contributed by atoms with Crippen LogP contribution in [0, 0.1) is 11.8 Å². The first-order valence-corrected chi connectivity index (χ1v) is 10.0. The molecule has 3 aliphatic rings. The van der Waals surface area contributed by atoms with Gasteiger partial charge in [-0.05, 0) is 44.9 Å². The minimum atomic E-state index is -4.19. The predicted octanol–water partition coefficient (Wildman–Crippen LogP) is 3.80. The van der Waals surface area contributed by atoms with Gasteiger partial charge in [-0.1, -0.05) is 25.7 Å². The molecular weight excluding hydrogens is 345 g/mol. The van der Waals surface area contributed by atoms with E-state index in [9.17, 15) is 22.8 Å². The minimum Gasteiger partial charge on any atom is -0.352 e. The van der Waals surface area contributed by atoms with Crippen molar-refractivity contribution in [3.8, 4) is 0 Å². The zero-order valence-electron chi connectivity index (χ0n) is 15.2. The molecule has 1 saturated heterocycles. The van der Waals surface area contributed by atoms with Gasteiger partial charge >= 0.3 is 6.18 Å². The van der Waals surface area contributed by atoms with Gasteiger partial charge in [0.1, 0.15) is 6.04 Å². The summed E-state index contributed by atoms with van der Waals surface area (Å²) < 4.78 is 38.9. The van der Waals surface area contributed by atoms with Crippen molar-refractivity contribution in [3.05, 3.63) is 0 Å². The molecule has 1 aliphatic heterocycles. The van der Waals surface area contributed by atoms with E-state index in [-0.39, 0.29) is 30.6 Å². The van der Waals surface area contributed by atoms with Crippen LogP contribution in [0.5, 0.6) is 0 Å². The molecule has 4 nitrogen and oxygen atoms in total. The number of amides is 2. The molecule has 2 saturated carbocycles. The number of alkyl halides is 3. The summed E-state index contributed by atoms with van der Waals surface area (Å²) in [7, 11) is 0. The van der Waals surface area contributed by atoms with Crippen LogP contribution < -0.4 is 5.32 Å². The maximum atomic E-state index is 13.0. The van der Waals surface area contributed by atoms with Gasteiger partial charge in [0, 0.05) is 18.5 Å². The molecule has 3 atom stereocenters. The Balaban J connectivity index is 1.57. The van der Waals surface area contributed by atoms with E-state index in [1.54, 1.807) is 4.90 Å². The maximum Gasteiger partial charge on any atom is 0.391 e. The Labute approximate surface area is 152 Å². The molecule has 7 heteroatoms. The van der Waals surface area contributed by atoms with Gasteiger partial charge in [-0.2, -0.15) is 13.2 Å². The summed E-state index contributed by atoms with van der Waals surface area (Å²) >= 11 is 0. The Morgan fingerprint density at radius 1 is 0.885 bits per heavy atom. The highest BCUT2D eigenvalue weighted by molar-refractivity contribution is 5.89. The number of rotatable bonds is 3. The van der Waals surface area contributed by atoms with Crippen molar-refractivity contribution in [1.29, 1.82) is 0 Å². The van der Waals surface area contributed by atoms with Crippen LogP contribution in [0.3, 0.4) is 0 Å². The van der Waals surface area contributed by atoms with Crippen molar-refractivity contribution in [2.24, 2.45) is 11.8 Å². The average molecular weight is 374 g/mol. The molecule has 2 amide bonds. The summed E-state index contributed by atoms with van der Waals surface area (Å²) in [6.07, 6.45) is 3.42. The Morgan fingerprint density at radius 3 is 2.31 bits per heavy atom. The summed E-state index contributed by atoms with van der Waals surface area (Å²) in [5.74, 6) is -1.51. The van der Waals surface area contributed by atoms with Gasteiger partial charge in [-0.25, -0.2) is 0 Å². The molecule has 1 N–H and O–H groups in total. The quantitative estimate of drug-likeness (QED) is 0.817. The van der Waals surface area contributed by atoms with Crippen LogP contribution in [0.4, 0.5) is 13.2 Å². The fourth-order valence-electron chi connectivity index (χ4n) is 4.80. The highest BCUT2D eigenvalue weighted by Gasteiger charge is 2.43. The van der Waals surface area contributed by atoms with Gasteiger partial charge in [0.25, 0.3) is 0 Å². The standard InChI is InChI=1S/C19H29F3N2O2/c20-19(21,22)14-8-4-9-15(12-14)23-17(25)16-10-5-11-24(16)18(26)13-6-2-1-3-7-13/h13-16H,1-12H2,(H,23,25)/t14-,15+,16+/m0/s1. The van der Waals surface area contributed by atoms with Gasteiger partial charge in [-0.15, -0.1) is 0 Å². The number of halogens is 3. The SMILES string of the molecule is O=C(N[C@@H]1CCC[C@H](C(F)(F)F)C1)[C@H]1CCCN1C(=O)C1CCCCC1. The molecule has 0 aromatic carbocycles. The maximum absolute atomic E-state index is 13.0. The van der Waals surface area contributed by atoms with Crippen LogP contribution in [0.1, 0.15) is 70.6 Å². The van der Waals surface area contributed by atoms with E-state index in [1.807, 2.05) is 0 Å². The van der Waals surface area contributed by atoms with E-state index in [0.29, 0.717) is 25.8 Å². The summed E-state index contributed by atoms with van der Waals surface area (Å²) in [6.45, 7) is 0.587. The largest absolute Gasteiger partial charge is 0.391 e. The molecule has 3 rings (SSSR count). The molecule has 0 aromatic rings. The van der Waals surface area contributed by atoms with Gasteiger partial charge in [0.05, 0.1) is 5.92 Å². The van der Waals surface area contributed by atoms with E-state index in [4.69, 9.17) is 0 Å². The van der Waals surface area contributed by atoms with Crippen molar-refractivity contribution < 1.29 is 22.8 Å². The van der Waals surface area contributed by atoms with Crippen LogP contribution in [-0.2, 0) is 9.59 Å². The monoisotopic (exact) mass is 374 g/mol. The molecule has 0 bridgehead atoms. The van der Waals surface area contributed by atoms with Gasteiger partial charge in [0.2, 0.25) is 11.8 Å².